The van der Waals surface area contributed by atoms with Gasteiger partial charge in [-0.2, -0.15) is 0 Å². The van der Waals surface area contributed by atoms with Gasteiger partial charge in [-0.05, 0) is 13.8 Å². The lowest BCUT2D eigenvalue weighted by Gasteiger charge is -2.18. The van der Waals surface area contributed by atoms with E-state index >= 15 is 0 Å². The number of thioether (sulfide) groups is 1. The van der Waals surface area contributed by atoms with E-state index in [1.54, 1.807) is 0 Å². The molecule has 0 aromatic heterocycles. The van der Waals surface area contributed by atoms with Crippen LogP contribution in [0.4, 0.5) is 0 Å². The van der Waals surface area contributed by atoms with Crippen LogP contribution in [-0.2, 0) is 4.74 Å². The fraction of sp³-hybridized carbons (Fsp3) is 0.800. The van der Waals surface area contributed by atoms with E-state index in [9.17, 15) is 0 Å². The summed E-state index contributed by atoms with van der Waals surface area (Å²) in [6.45, 7) is 6.92. The molecular weight excluding hydrogens is 198 g/mol. The first kappa shape index (κ1) is 11.9. The molecule has 0 saturated carbocycles. The average molecular weight is 217 g/mol. The predicted octanol–water partition coefficient (Wildman–Crippen LogP) is 1.64. The molecule has 0 fully saturated rings. The van der Waals surface area contributed by atoms with Gasteiger partial charge in [-0.25, -0.2) is 0 Å². The van der Waals surface area contributed by atoms with Gasteiger partial charge in [0.2, 0.25) is 0 Å². The molecule has 0 bridgehead atoms. The Morgan fingerprint density at radius 2 is 2.36 bits per heavy atom. The maximum atomic E-state index is 8.85. The molecule has 1 aliphatic rings. The summed E-state index contributed by atoms with van der Waals surface area (Å²) >= 11 is 1.83. The van der Waals surface area contributed by atoms with E-state index in [4.69, 9.17) is 9.84 Å². The van der Waals surface area contributed by atoms with Crippen molar-refractivity contribution in [3.8, 4) is 0 Å². The molecule has 1 aliphatic heterocycles. The molecule has 0 aromatic rings. The Bertz CT molecular complexity index is 206. The molecule has 1 rings (SSSR count). The molecular formula is C10H19NO2S. The number of ether oxygens (including phenoxy) is 1. The normalized spacial score (nSPS) is 16.9. The summed E-state index contributed by atoms with van der Waals surface area (Å²) in [4.78, 5) is 3.63. The number of allylic oxidation sites excluding steroid dienone is 1. The van der Waals surface area contributed by atoms with Crippen molar-refractivity contribution in [1.82, 2.24) is 4.90 Å². The average Bonchev–Trinajstić information content (AvgIpc) is 2.51. The van der Waals surface area contributed by atoms with Crippen LogP contribution in [0.5, 0.6) is 0 Å². The maximum Gasteiger partial charge on any atom is 0.0681 e. The third-order valence-corrected chi connectivity index (χ3v) is 3.61. The topological polar surface area (TPSA) is 32.7 Å². The quantitative estimate of drug-likeness (QED) is 0.686. The predicted molar refractivity (Wildman–Crippen MR) is 60.1 cm³/mol. The maximum absolute atomic E-state index is 8.85. The molecule has 1 N–H and O–H groups in total. The number of nitrogens with zero attached hydrogens (tertiary/aromatic N) is 1. The standard InChI is InChI=1S/C10H19NO2S/c1-3-13-7-5-11-8-14-10(4-6-12)9(11)2/h12H,3-8H2,1-2H3. The smallest absolute Gasteiger partial charge is 0.0681 e. The molecule has 0 amide bonds. The van der Waals surface area contributed by atoms with Crippen molar-refractivity contribution in [3.05, 3.63) is 10.6 Å². The van der Waals surface area contributed by atoms with Crippen molar-refractivity contribution < 1.29 is 9.84 Å². The second-order valence-electron chi connectivity index (χ2n) is 3.22. The third-order valence-electron chi connectivity index (χ3n) is 2.32. The molecule has 0 spiro atoms. The largest absolute Gasteiger partial charge is 0.396 e. The molecule has 82 valence electrons. The van der Waals surface area contributed by atoms with Crippen LogP contribution >= 0.6 is 11.8 Å². The number of aliphatic hydroxyl groups excluding tert-OH is 1. The fourth-order valence-electron chi connectivity index (χ4n) is 1.44. The van der Waals surface area contributed by atoms with Crippen LogP contribution in [-0.4, -0.2) is 42.2 Å². The van der Waals surface area contributed by atoms with E-state index in [0.717, 1.165) is 32.1 Å². The van der Waals surface area contributed by atoms with Crippen molar-refractivity contribution in [2.75, 3.05) is 32.2 Å². The minimum absolute atomic E-state index is 0.249. The lowest BCUT2D eigenvalue weighted by Crippen LogP contribution is -2.22. The highest BCUT2D eigenvalue weighted by Crippen LogP contribution is 2.33. The van der Waals surface area contributed by atoms with Crippen LogP contribution in [0.2, 0.25) is 0 Å². The summed E-state index contributed by atoms with van der Waals surface area (Å²) in [6.07, 6.45) is 0.793. The Kier molecular flexibility index (Phi) is 5.37. The number of hydrogen-bond acceptors (Lipinski definition) is 4. The lowest BCUT2D eigenvalue weighted by atomic mass is 10.3. The first-order chi connectivity index (χ1) is 6.79. The zero-order valence-electron chi connectivity index (χ0n) is 8.95. The highest BCUT2D eigenvalue weighted by atomic mass is 32.2. The molecule has 3 nitrogen and oxygen atoms in total. The summed E-state index contributed by atoms with van der Waals surface area (Å²) in [5.41, 5.74) is 1.31. The van der Waals surface area contributed by atoms with Gasteiger partial charge in [-0.15, -0.1) is 11.8 Å². The van der Waals surface area contributed by atoms with Gasteiger partial charge in [0.15, 0.2) is 0 Å². The SMILES string of the molecule is CCOCCN1CSC(CCO)=C1C. The zero-order valence-corrected chi connectivity index (χ0v) is 9.77. The van der Waals surface area contributed by atoms with Crippen LogP contribution in [0.15, 0.2) is 10.6 Å². The van der Waals surface area contributed by atoms with E-state index < -0.39 is 0 Å². The second-order valence-corrected chi connectivity index (χ2v) is 4.26. The Hall–Kier alpha value is -0.190. The molecule has 0 unspecified atom stereocenters. The van der Waals surface area contributed by atoms with Gasteiger partial charge in [0.1, 0.15) is 0 Å². The third kappa shape index (κ3) is 3.19. The summed E-state index contributed by atoms with van der Waals surface area (Å²) < 4.78 is 5.32. The van der Waals surface area contributed by atoms with Crippen molar-refractivity contribution in [1.29, 1.82) is 0 Å². The second kappa shape index (κ2) is 6.32. The monoisotopic (exact) mass is 217 g/mol. The Morgan fingerprint density at radius 3 is 3.00 bits per heavy atom. The Morgan fingerprint density at radius 1 is 1.57 bits per heavy atom. The van der Waals surface area contributed by atoms with Gasteiger partial charge in [-0.1, -0.05) is 0 Å². The number of rotatable bonds is 6. The molecule has 0 atom stereocenters. The molecule has 0 aliphatic carbocycles. The molecule has 0 aromatic carbocycles. The fourth-order valence-corrected chi connectivity index (χ4v) is 2.65. The van der Waals surface area contributed by atoms with Crippen molar-refractivity contribution in [2.45, 2.75) is 20.3 Å². The Balaban J connectivity index is 2.34. The number of aliphatic hydroxyl groups is 1. The summed E-state index contributed by atoms with van der Waals surface area (Å²) in [5.74, 6) is 1.01. The van der Waals surface area contributed by atoms with Crippen LogP contribution in [0, 0.1) is 0 Å². The van der Waals surface area contributed by atoms with E-state index in [1.807, 2.05) is 18.7 Å². The van der Waals surface area contributed by atoms with Gasteiger partial charge in [0, 0.05) is 36.8 Å². The van der Waals surface area contributed by atoms with Crippen LogP contribution in [0.3, 0.4) is 0 Å². The summed E-state index contributed by atoms with van der Waals surface area (Å²) in [6, 6.07) is 0. The minimum Gasteiger partial charge on any atom is -0.396 e. The van der Waals surface area contributed by atoms with Gasteiger partial charge >= 0.3 is 0 Å². The summed E-state index contributed by atoms with van der Waals surface area (Å²) in [7, 11) is 0. The first-order valence-electron chi connectivity index (χ1n) is 5.05. The van der Waals surface area contributed by atoms with Gasteiger partial charge in [0.25, 0.3) is 0 Å². The van der Waals surface area contributed by atoms with Crippen LogP contribution < -0.4 is 0 Å². The molecule has 1 heterocycles. The van der Waals surface area contributed by atoms with Gasteiger partial charge in [0.05, 0.1) is 12.5 Å². The molecule has 4 heteroatoms. The first-order valence-corrected chi connectivity index (χ1v) is 6.04. The van der Waals surface area contributed by atoms with Crippen molar-refractivity contribution in [2.24, 2.45) is 0 Å². The van der Waals surface area contributed by atoms with E-state index in [1.165, 1.54) is 10.6 Å². The van der Waals surface area contributed by atoms with Crippen molar-refractivity contribution >= 4 is 11.8 Å². The molecule has 0 radical (unpaired) electrons. The molecule has 14 heavy (non-hydrogen) atoms. The molecule has 0 saturated heterocycles. The highest BCUT2D eigenvalue weighted by Gasteiger charge is 2.18. The van der Waals surface area contributed by atoms with Gasteiger partial charge in [-0.3, -0.25) is 0 Å². The minimum atomic E-state index is 0.249. The number of hydrogen-bond donors (Lipinski definition) is 1. The summed E-state index contributed by atoms with van der Waals surface area (Å²) in [5, 5.41) is 8.85. The van der Waals surface area contributed by atoms with Gasteiger partial charge < -0.3 is 14.7 Å². The zero-order chi connectivity index (χ0) is 10.4. The Labute approximate surface area is 90.1 Å². The van der Waals surface area contributed by atoms with Crippen LogP contribution in [0.1, 0.15) is 20.3 Å². The van der Waals surface area contributed by atoms with E-state index in [-0.39, 0.29) is 6.61 Å². The van der Waals surface area contributed by atoms with E-state index in [0.29, 0.717) is 0 Å². The lowest BCUT2D eigenvalue weighted by molar-refractivity contribution is 0.130. The highest BCUT2D eigenvalue weighted by molar-refractivity contribution is 8.03. The van der Waals surface area contributed by atoms with E-state index in [2.05, 4.69) is 11.8 Å². The van der Waals surface area contributed by atoms with Crippen LogP contribution in [0.25, 0.3) is 0 Å². The van der Waals surface area contributed by atoms with Crippen molar-refractivity contribution in [3.63, 3.8) is 0 Å².